The number of nitrogens with zero attached hydrogens (tertiary/aromatic N) is 2. The van der Waals surface area contributed by atoms with Crippen LogP contribution in [0.25, 0.3) is 0 Å². The lowest BCUT2D eigenvalue weighted by Crippen LogP contribution is -2.08. The van der Waals surface area contributed by atoms with Gasteiger partial charge in [0.15, 0.2) is 5.13 Å². The minimum absolute atomic E-state index is 0.0268. The largest absolute Gasteiger partial charge is 0.455 e. The van der Waals surface area contributed by atoms with Gasteiger partial charge in [0, 0.05) is 12.3 Å². The molecule has 0 radical (unpaired) electrons. The lowest BCUT2D eigenvalue weighted by molar-refractivity contribution is -0.114. The van der Waals surface area contributed by atoms with E-state index in [0.29, 0.717) is 27.8 Å². The molecule has 0 saturated carbocycles. The van der Waals surface area contributed by atoms with E-state index in [9.17, 15) is 9.59 Å². The first-order valence-electron chi connectivity index (χ1n) is 5.79. The van der Waals surface area contributed by atoms with Crippen LogP contribution in [0.1, 0.15) is 34.4 Å². The van der Waals surface area contributed by atoms with Gasteiger partial charge >= 0.3 is 5.97 Å². The highest BCUT2D eigenvalue weighted by Crippen LogP contribution is 2.18. The first kappa shape index (κ1) is 14.2. The number of rotatable bonds is 4. The third-order valence-electron chi connectivity index (χ3n) is 2.42. The Morgan fingerprint density at radius 3 is 2.80 bits per heavy atom. The molecule has 1 N–H and O–H groups in total. The highest BCUT2D eigenvalue weighted by molar-refractivity contribution is 7.13. The van der Waals surface area contributed by atoms with Crippen molar-refractivity contribution >= 4 is 28.3 Å². The zero-order valence-corrected chi connectivity index (χ0v) is 12.0. The van der Waals surface area contributed by atoms with Gasteiger partial charge in [-0.05, 0) is 13.8 Å². The number of nitrogens with one attached hydrogen (secondary N) is 1. The van der Waals surface area contributed by atoms with Crippen molar-refractivity contribution in [2.24, 2.45) is 0 Å². The van der Waals surface area contributed by atoms with Crippen LogP contribution in [0, 0.1) is 13.8 Å². The molecule has 0 saturated heterocycles. The SMILES string of the molecule is CC(=O)Nc1nc(COC(=O)c2c(C)noc2C)cs1. The van der Waals surface area contributed by atoms with Crippen molar-refractivity contribution in [3.05, 3.63) is 28.1 Å². The Balaban J connectivity index is 1.97. The van der Waals surface area contributed by atoms with Gasteiger partial charge < -0.3 is 14.6 Å². The molecule has 0 aromatic carbocycles. The maximum absolute atomic E-state index is 11.9. The van der Waals surface area contributed by atoms with E-state index in [1.165, 1.54) is 18.3 Å². The molecular formula is C12H13N3O4S. The number of aryl methyl sites for hydroxylation is 2. The van der Waals surface area contributed by atoms with Crippen LogP contribution in [0.15, 0.2) is 9.90 Å². The van der Waals surface area contributed by atoms with Crippen molar-refractivity contribution in [1.82, 2.24) is 10.1 Å². The summed E-state index contributed by atoms with van der Waals surface area (Å²) in [7, 11) is 0. The Bertz CT molecular complexity index is 627. The maximum atomic E-state index is 11.9. The molecule has 2 aromatic heterocycles. The first-order chi connectivity index (χ1) is 9.47. The van der Waals surface area contributed by atoms with Crippen LogP contribution >= 0.6 is 11.3 Å². The topological polar surface area (TPSA) is 94.3 Å². The Morgan fingerprint density at radius 1 is 1.45 bits per heavy atom. The maximum Gasteiger partial charge on any atom is 0.344 e. The van der Waals surface area contributed by atoms with E-state index in [1.807, 2.05) is 0 Å². The normalized spacial score (nSPS) is 10.3. The zero-order chi connectivity index (χ0) is 14.7. The molecule has 7 nitrogen and oxygen atoms in total. The molecule has 0 unspecified atom stereocenters. The third kappa shape index (κ3) is 3.21. The molecule has 0 aliphatic rings. The van der Waals surface area contributed by atoms with Crippen LogP contribution < -0.4 is 5.32 Å². The number of thiazole rings is 1. The number of carbonyl (C=O) groups excluding carboxylic acids is 2. The van der Waals surface area contributed by atoms with Gasteiger partial charge in [0.25, 0.3) is 0 Å². The van der Waals surface area contributed by atoms with Crippen LogP contribution in [0.2, 0.25) is 0 Å². The van der Waals surface area contributed by atoms with E-state index < -0.39 is 5.97 Å². The molecule has 0 bridgehead atoms. The number of amides is 1. The number of ether oxygens (including phenoxy) is 1. The number of carbonyl (C=O) groups is 2. The smallest absolute Gasteiger partial charge is 0.344 e. The van der Waals surface area contributed by atoms with E-state index in [1.54, 1.807) is 19.2 Å². The fourth-order valence-corrected chi connectivity index (χ4v) is 2.31. The number of esters is 1. The van der Waals surface area contributed by atoms with Crippen molar-refractivity contribution in [1.29, 1.82) is 0 Å². The fourth-order valence-electron chi connectivity index (χ4n) is 1.57. The van der Waals surface area contributed by atoms with Crippen LogP contribution in [0.4, 0.5) is 5.13 Å². The standard InChI is InChI=1S/C12H13N3O4S/c1-6-10(7(2)19-15-6)11(17)18-4-9-5-20-12(14-9)13-8(3)16/h5H,4H2,1-3H3,(H,13,14,16). The summed E-state index contributed by atoms with van der Waals surface area (Å²) in [5.74, 6) is -0.279. The molecule has 20 heavy (non-hydrogen) atoms. The highest BCUT2D eigenvalue weighted by Gasteiger charge is 2.19. The molecule has 0 aliphatic heterocycles. The van der Waals surface area contributed by atoms with Crippen molar-refractivity contribution in [3.8, 4) is 0 Å². The summed E-state index contributed by atoms with van der Waals surface area (Å²) in [4.78, 5) is 26.9. The monoisotopic (exact) mass is 295 g/mol. The molecule has 1 amide bonds. The average molecular weight is 295 g/mol. The summed E-state index contributed by atoms with van der Waals surface area (Å²) in [6.45, 7) is 4.75. The quantitative estimate of drug-likeness (QED) is 0.868. The van der Waals surface area contributed by atoms with Crippen LogP contribution in [0.5, 0.6) is 0 Å². The predicted octanol–water partition coefficient (Wildman–Crippen LogP) is 2.06. The van der Waals surface area contributed by atoms with Gasteiger partial charge in [0.05, 0.1) is 11.4 Å². The Morgan fingerprint density at radius 2 is 2.20 bits per heavy atom. The van der Waals surface area contributed by atoms with Gasteiger partial charge in [0.2, 0.25) is 5.91 Å². The molecule has 2 aromatic rings. The molecule has 0 fully saturated rings. The summed E-state index contributed by atoms with van der Waals surface area (Å²) >= 11 is 1.27. The minimum atomic E-state index is -0.504. The van der Waals surface area contributed by atoms with Gasteiger partial charge in [-0.1, -0.05) is 5.16 Å². The molecule has 0 atom stereocenters. The second-order valence-electron chi connectivity index (χ2n) is 4.10. The summed E-state index contributed by atoms with van der Waals surface area (Å²) < 4.78 is 10.0. The van der Waals surface area contributed by atoms with Crippen molar-refractivity contribution in [2.45, 2.75) is 27.4 Å². The van der Waals surface area contributed by atoms with Gasteiger partial charge in [-0.2, -0.15) is 0 Å². The molecule has 2 rings (SSSR count). The second-order valence-corrected chi connectivity index (χ2v) is 4.96. The molecule has 0 aliphatic carbocycles. The summed E-state index contributed by atoms with van der Waals surface area (Å²) in [6, 6.07) is 0. The van der Waals surface area contributed by atoms with E-state index in [4.69, 9.17) is 9.26 Å². The van der Waals surface area contributed by atoms with Crippen LogP contribution in [-0.2, 0) is 16.1 Å². The van der Waals surface area contributed by atoms with Gasteiger partial charge in [-0.3, -0.25) is 4.79 Å². The molecule has 0 spiro atoms. The van der Waals surface area contributed by atoms with E-state index >= 15 is 0 Å². The molecule has 8 heteroatoms. The van der Waals surface area contributed by atoms with Gasteiger partial charge in [-0.25, -0.2) is 9.78 Å². The molecule has 2 heterocycles. The number of aromatic nitrogens is 2. The molecular weight excluding hydrogens is 282 g/mol. The average Bonchev–Trinajstić information content (AvgIpc) is 2.93. The Labute approximate surface area is 118 Å². The fraction of sp³-hybridized carbons (Fsp3) is 0.333. The van der Waals surface area contributed by atoms with Crippen LogP contribution in [0.3, 0.4) is 0 Å². The lowest BCUT2D eigenvalue weighted by Gasteiger charge is -2.01. The van der Waals surface area contributed by atoms with E-state index in [0.717, 1.165) is 0 Å². The number of hydrogen-bond donors (Lipinski definition) is 1. The van der Waals surface area contributed by atoms with Crippen molar-refractivity contribution < 1.29 is 18.8 Å². The summed E-state index contributed by atoms with van der Waals surface area (Å²) in [5, 5.41) is 8.44. The second kappa shape index (κ2) is 5.83. The zero-order valence-electron chi connectivity index (χ0n) is 11.2. The number of anilines is 1. The van der Waals surface area contributed by atoms with Gasteiger partial charge in [-0.15, -0.1) is 11.3 Å². The van der Waals surface area contributed by atoms with Crippen LogP contribution in [-0.4, -0.2) is 22.0 Å². The highest BCUT2D eigenvalue weighted by atomic mass is 32.1. The number of hydrogen-bond acceptors (Lipinski definition) is 7. The lowest BCUT2D eigenvalue weighted by atomic mass is 10.2. The summed E-state index contributed by atoms with van der Waals surface area (Å²) in [6.07, 6.45) is 0. The van der Waals surface area contributed by atoms with Crippen molar-refractivity contribution in [2.75, 3.05) is 5.32 Å². The van der Waals surface area contributed by atoms with Gasteiger partial charge in [0.1, 0.15) is 17.9 Å². The van der Waals surface area contributed by atoms with E-state index in [2.05, 4.69) is 15.5 Å². The van der Waals surface area contributed by atoms with E-state index in [-0.39, 0.29) is 12.5 Å². The third-order valence-corrected chi connectivity index (χ3v) is 3.23. The first-order valence-corrected chi connectivity index (χ1v) is 6.67. The summed E-state index contributed by atoms with van der Waals surface area (Å²) in [5.41, 5.74) is 1.39. The Kier molecular flexibility index (Phi) is 4.14. The predicted molar refractivity (Wildman–Crippen MR) is 71.5 cm³/mol. The Hall–Kier alpha value is -2.22. The van der Waals surface area contributed by atoms with Crippen molar-refractivity contribution in [3.63, 3.8) is 0 Å². The molecule has 106 valence electrons. The minimum Gasteiger partial charge on any atom is -0.455 e.